The third-order valence-electron chi connectivity index (χ3n) is 2.46. The maximum Gasteiger partial charge on any atom is 2.00 e. The Morgan fingerprint density at radius 3 is 1.22 bits per heavy atom. The fraction of sp³-hybridized carbons (Fsp3) is 0.833. The summed E-state index contributed by atoms with van der Waals surface area (Å²) < 4.78 is 0. The van der Waals surface area contributed by atoms with Crippen molar-refractivity contribution in [1.82, 2.24) is 0 Å². The number of carboxylic acids is 2. The van der Waals surface area contributed by atoms with Crippen LogP contribution in [0.1, 0.15) is 38.5 Å². The largest absolute Gasteiger partial charge is 2.00 e. The van der Waals surface area contributed by atoms with Crippen LogP contribution in [0.5, 0.6) is 0 Å². The Kier molecular flexibility index (Phi) is 36.0. The van der Waals surface area contributed by atoms with E-state index in [0.29, 0.717) is 38.8 Å². The van der Waals surface area contributed by atoms with E-state index in [2.05, 4.69) is 0 Å². The molecule has 0 aliphatic rings. The van der Waals surface area contributed by atoms with Gasteiger partial charge in [0.2, 0.25) is 0 Å². The van der Waals surface area contributed by atoms with Gasteiger partial charge in [0.15, 0.2) is 0 Å². The molecule has 145 valence electrons. The number of hydrogen-bond acceptors (Lipinski definition) is 6. The van der Waals surface area contributed by atoms with E-state index in [1.807, 2.05) is 0 Å². The standard InChI is InChI=1S/2C6H13N2O2.2ClH.Cu/c2*7-4-2-1-3-5(8)6(9)10;;;/h2*5,8H,1-4,7H2,(H,9,10);2*1H;/q2*-1;;;+2/p-2/t2*5-;;;/m00.../s1. The van der Waals surface area contributed by atoms with Gasteiger partial charge in [0, 0.05) is 11.9 Å². The molecule has 0 spiro atoms. The first-order chi connectivity index (χ1) is 9.36. The van der Waals surface area contributed by atoms with Crippen LogP contribution in [-0.4, -0.2) is 37.1 Å². The summed E-state index contributed by atoms with van der Waals surface area (Å²) in [6.45, 7) is 1.11. The van der Waals surface area contributed by atoms with Crippen LogP contribution in [-0.2, 0) is 26.7 Å². The average molecular weight is 425 g/mol. The molecule has 0 amide bonds. The molecule has 0 bridgehead atoms. The van der Waals surface area contributed by atoms with E-state index in [1.165, 1.54) is 0 Å². The zero-order valence-electron chi connectivity index (χ0n) is 12.7. The molecule has 0 aromatic heterocycles. The Hall–Kier alpha value is -0.121. The zero-order chi connectivity index (χ0) is 16.0. The Morgan fingerprint density at radius 1 is 0.783 bits per heavy atom. The Bertz CT molecular complexity index is 253. The number of unbranched alkanes of at least 4 members (excludes halogenated alkanes) is 2. The monoisotopic (exact) mass is 423 g/mol. The van der Waals surface area contributed by atoms with E-state index >= 15 is 0 Å². The summed E-state index contributed by atoms with van der Waals surface area (Å²) in [5.74, 6) is -2.59. The normalized spacial score (nSPS) is 11.3. The molecule has 1 radical (unpaired) electrons. The van der Waals surface area contributed by atoms with E-state index < -0.39 is 24.0 Å². The van der Waals surface area contributed by atoms with Gasteiger partial charge in [-0.1, -0.05) is 37.8 Å². The fourth-order valence-electron chi connectivity index (χ4n) is 1.22. The molecule has 6 N–H and O–H groups in total. The van der Waals surface area contributed by atoms with Crippen LogP contribution >= 0.6 is 24.8 Å². The molecule has 11 heteroatoms. The van der Waals surface area contributed by atoms with Crippen molar-refractivity contribution in [3.63, 3.8) is 0 Å². The number of carboxylic acid groups (broad SMARTS) is 2. The topological polar surface area (TPSA) is 180 Å². The molecule has 0 rings (SSSR count). The van der Waals surface area contributed by atoms with E-state index in [-0.39, 0.29) is 41.9 Å². The number of nitrogens with two attached hydrogens (primary N) is 2. The second kappa shape index (κ2) is 24.1. The molecular formula is C12H26Cl2CuN4O4-2. The average Bonchev–Trinajstić information content (AvgIpc) is 2.39. The number of rotatable bonds is 10. The smallest absolute Gasteiger partial charge is 0.670 e. The first-order valence-corrected chi connectivity index (χ1v) is 6.60. The molecule has 0 aromatic carbocycles. The molecule has 0 aliphatic carbocycles. The van der Waals surface area contributed by atoms with Crippen LogP contribution in [0.25, 0.3) is 11.5 Å². The van der Waals surface area contributed by atoms with E-state index in [9.17, 15) is 19.8 Å². The third-order valence-corrected chi connectivity index (χ3v) is 2.46. The van der Waals surface area contributed by atoms with Crippen LogP contribution in [0.15, 0.2) is 0 Å². The summed E-state index contributed by atoms with van der Waals surface area (Å²) in [4.78, 5) is 19.9. The number of halogens is 2. The van der Waals surface area contributed by atoms with Crippen molar-refractivity contribution >= 4 is 36.8 Å². The van der Waals surface area contributed by atoms with Gasteiger partial charge in [0.25, 0.3) is 0 Å². The van der Waals surface area contributed by atoms with Crippen LogP contribution in [0.4, 0.5) is 0 Å². The minimum Gasteiger partial charge on any atom is -0.670 e. The molecule has 0 aromatic rings. The number of carbonyl (C=O) groups excluding carboxylic acids is 2. The summed E-state index contributed by atoms with van der Waals surface area (Å²) in [5, 5.41) is 19.9. The van der Waals surface area contributed by atoms with E-state index in [4.69, 9.17) is 22.9 Å². The van der Waals surface area contributed by atoms with Crippen molar-refractivity contribution in [2.24, 2.45) is 11.5 Å². The van der Waals surface area contributed by atoms with Gasteiger partial charge in [0.1, 0.15) is 0 Å². The van der Waals surface area contributed by atoms with Crippen molar-refractivity contribution in [1.29, 1.82) is 0 Å². The minimum absolute atomic E-state index is 0. The second-order valence-corrected chi connectivity index (χ2v) is 4.31. The summed E-state index contributed by atoms with van der Waals surface area (Å²) in [5.41, 5.74) is 24.1. The molecule has 0 aliphatic heterocycles. The Morgan fingerprint density at radius 2 is 1.04 bits per heavy atom. The van der Waals surface area contributed by atoms with Gasteiger partial charge in [-0.2, -0.15) is 0 Å². The van der Waals surface area contributed by atoms with Crippen molar-refractivity contribution < 1.29 is 36.9 Å². The van der Waals surface area contributed by atoms with Crippen molar-refractivity contribution in [2.75, 3.05) is 13.1 Å². The van der Waals surface area contributed by atoms with Crippen LogP contribution < -0.4 is 21.7 Å². The summed E-state index contributed by atoms with van der Waals surface area (Å²) in [6.07, 6.45) is 3.64. The van der Waals surface area contributed by atoms with Crippen molar-refractivity contribution in [3.05, 3.63) is 11.5 Å². The van der Waals surface area contributed by atoms with Gasteiger partial charge in [-0.15, -0.1) is 24.8 Å². The van der Waals surface area contributed by atoms with Crippen molar-refractivity contribution in [3.8, 4) is 0 Å². The van der Waals surface area contributed by atoms with Crippen LogP contribution in [0.2, 0.25) is 0 Å². The molecule has 0 saturated carbocycles. The molecule has 8 nitrogen and oxygen atoms in total. The fourth-order valence-corrected chi connectivity index (χ4v) is 1.22. The maximum absolute atomic E-state index is 9.96. The minimum atomic E-state index is -1.29. The SMILES string of the molecule is Cl.Cl.[Cu+2].[NH-][C@@H](CCCCN)C(=O)[O-].[NH-][C@@H](CCCCN)C(=O)[O-]. The molecule has 0 heterocycles. The van der Waals surface area contributed by atoms with Gasteiger partial charge in [-0.25, -0.2) is 0 Å². The van der Waals surface area contributed by atoms with Crippen LogP contribution in [0.3, 0.4) is 0 Å². The number of carbonyl (C=O) groups is 2. The maximum atomic E-state index is 9.96. The van der Waals surface area contributed by atoms with Gasteiger partial charge in [-0.3, -0.25) is 0 Å². The van der Waals surface area contributed by atoms with Gasteiger partial charge in [0.05, 0.1) is 0 Å². The van der Waals surface area contributed by atoms with Gasteiger partial charge < -0.3 is 42.7 Å². The summed E-state index contributed by atoms with van der Waals surface area (Å²) >= 11 is 0. The van der Waals surface area contributed by atoms with Crippen LogP contribution in [0, 0.1) is 0 Å². The summed E-state index contributed by atoms with van der Waals surface area (Å²) in [6, 6.07) is -2.15. The quantitative estimate of drug-likeness (QED) is 0.349. The number of hydrogen-bond donors (Lipinski definition) is 2. The molecule has 0 fully saturated rings. The zero-order valence-corrected chi connectivity index (χ0v) is 15.3. The molecule has 23 heavy (non-hydrogen) atoms. The predicted molar refractivity (Wildman–Crippen MR) is 86.5 cm³/mol. The first-order valence-electron chi connectivity index (χ1n) is 6.60. The molecule has 0 unspecified atom stereocenters. The molecule has 0 saturated heterocycles. The second-order valence-electron chi connectivity index (χ2n) is 4.31. The van der Waals surface area contributed by atoms with Crippen molar-refractivity contribution in [2.45, 2.75) is 50.6 Å². The molecule has 2 atom stereocenters. The van der Waals surface area contributed by atoms with Gasteiger partial charge in [-0.05, 0) is 25.9 Å². The first kappa shape index (κ1) is 34.3. The van der Waals surface area contributed by atoms with E-state index in [0.717, 1.165) is 12.8 Å². The number of aliphatic carboxylic acids is 2. The predicted octanol–water partition coefficient (Wildman–Crippen LogP) is -0.587. The molecular weight excluding hydrogens is 399 g/mol. The number of nitrogens with one attached hydrogen (secondary N) is 2. The Labute approximate surface area is 160 Å². The third kappa shape index (κ3) is 27.0. The Balaban J connectivity index is -0.0000000831. The summed E-state index contributed by atoms with van der Waals surface area (Å²) in [7, 11) is 0. The van der Waals surface area contributed by atoms with E-state index in [1.54, 1.807) is 0 Å². The van der Waals surface area contributed by atoms with Gasteiger partial charge >= 0.3 is 17.1 Å².